The standard InChI is InChI=1S/C54H67NO22/c1-30(56)55-43-47(70-34(5)60)45(76-54-51(72-36(7)62)49(71-35(6)61)46(69-33(4)59)42(75-54)29-66-32(3)58)41(28-65-31(2)57)73-52(43)77-48-44(67-25-38-20-14-10-15-21-38)40(27-64-24-37-18-12-9-13-19-37)74-53(63-8)50(48)68-26-39-22-16-11-17-23-39/h9-23,40-54H,24-29H2,1-8H3,(H,55,56). The van der Waals surface area contributed by atoms with Gasteiger partial charge < -0.3 is 76.4 Å². The number of hydrogen-bond donors (Lipinski definition) is 1. The van der Waals surface area contributed by atoms with E-state index in [1.807, 2.05) is 91.0 Å². The van der Waals surface area contributed by atoms with Gasteiger partial charge in [0.25, 0.3) is 0 Å². The highest BCUT2D eigenvalue weighted by atomic mass is 16.8. The van der Waals surface area contributed by atoms with Crippen LogP contribution in [0.4, 0.5) is 0 Å². The molecule has 15 atom stereocenters. The summed E-state index contributed by atoms with van der Waals surface area (Å²) in [6, 6.07) is 26.5. The van der Waals surface area contributed by atoms with E-state index in [-0.39, 0.29) is 26.4 Å². The van der Waals surface area contributed by atoms with E-state index in [0.29, 0.717) is 0 Å². The van der Waals surface area contributed by atoms with Crippen molar-refractivity contribution in [1.82, 2.24) is 5.32 Å². The quantitative estimate of drug-likeness (QED) is 0.0995. The average Bonchev–Trinajstić information content (AvgIpc) is 3.40. The summed E-state index contributed by atoms with van der Waals surface area (Å²) < 4.78 is 92.6. The second-order valence-corrected chi connectivity index (χ2v) is 18.2. The number of esters is 6. The van der Waals surface area contributed by atoms with Crippen LogP contribution in [0.15, 0.2) is 91.0 Å². The number of amides is 1. The maximum Gasteiger partial charge on any atom is 0.303 e. The van der Waals surface area contributed by atoms with Crippen molar-refractivity contribution < 1.29 is 105 Å². The van der Waals surface area contributed by atoms with Gasteiger partial charge in [0.15, 0.2) is 43.3 Å². The molecule has 3 aromatic carbocycles. The first-order chi connectivity index (χ1) is 36.9. The molecule has 3 saturated heterocycles. The molecule has 1 N–H and O–H groups in total. The first kappa shape index (κ1) is 59.8. The van der Waals surface area contributed by atoms with Gasteiger partial charge in [-0.3, -0.25) is 33.6 Å². The highest BCUT2D eigenvalue weighted by molar-refractivity contribution is 5.73. The van der Waals surface area contributed by atoms with E-state index < -0.39 is 147 Å². The fourth-order valence-electron chi connectivity index (χ4n) is 8.98. The molecule has 3 heterocycles. The molecule has 23 nitrogen and oxygen atoms in total. The van der Waals surface area contributed by atoms with Crippen molar-refractivity contribution in [3.8, 4) is 0 Å². The van der Waals surface area contributed by atoms with Crippen molar-refractivity contribution in [2.75, 3.05) is 26.9 Å². The third-order valence-electron chi connectivity index (χ3n) is 12.1. The Bertz CT molecular complexity index is 2400. The van der Waals surface area contributed by atoms with Gasteiger partial charge in [0.1, 0.15) is 62.0 Å². The Morgan fingerprint density at radius 2 is 0.831 bits per heavy atom. The predicted molar refractivity (Wildman–Crippen MR) is 262 cm³/mol. The van der Waals surface area contributed by atoms with E-state index in [0.717, 1.165) is 58.2 Å². The van der Waals surface area contributed by atoms with E-state index >= 15 is 0 Å². The van der Waals surface area contributed by atoms with E-state index in [1.165, 1.54) is 14.0 Å². The summed E-state index contributed by atoms with van der Waals surface area (Å²) >= 11 is 0. The van der Waals surface area contributed by atoms with Crippen LogP contribution in [0.3, 0.4) is 0 Å². The van der Waals surface area contributed by atoms with Crippen LogP contribution in [0.2, 0.25) is 0 Å². The Morgan fingerprint density at radius 1 is 0.416 bits per heavy atom. The summed E-state index contributed by atoms with van der Waals surface area (Å²) in [5, 5.41) is 2.78. The van der Waals surface area contributed by atoms with E-state index in [4.69, 9.17) is 71.1 Å². The molecule has 6 rings (SSSR count). The average molecular weight is 1080 g/mol. The molecule has 0 spiro atoms. The molecule has 1 amide bonds. The van der Waals surface area contributed by atoms with Crippen LogP contribution in [0.1, 0.15) is 65.2 Å². The molecule has 77 heavy (non-hydrogen) atoms. The molecular formula is C54H67NO22. The van der Waals surface area contributed by atoms with Crippen LogP contribution in [-0.4, -0.2) is 161 Å². The maximum atomic E-state index is 13.4. The number of ether oxygens (including phenoxy) is 15. The highest BCUT2D eigenvalue weighted by Crippen LogP contribution is 2.38. The van der Waals surface area contributed by atoms with E-state index in [1.54, 1.807) is 0 Å². The minimum atomic E-state index is -1.88. The SMILES string of the molecule is COC1OC(COCc2ccccc2)C(OCc2ccccc2)C(OC2OC(COC(C)=O)C(OC3OC(COC(C)=O)C(OC(C)=O)C(OC(C)=O)C3OC(C)=O)C(OC(C)=O)C2NC(C)=O)C1OCc1ccccc1. The summed E-state index contributed by atoms with van der Waals surface area (Å²) in [5.41, 5.74) is 2.45. The Hall–Kier alpha value is -6.41. The van der Waals surface area contributed by atoms with Gasteiger partial charge in [-0.1, -0.05) is 91.0 Å². The van der Waals surface area contributed by atoms with Crippen LogP contribution in [0, 0.1) is 0 Å². The molecule has 3 aliphatic heterocycles. The van der Waals surface area contributed by atoms with Crippen molar-refractivity contribution in [1.29, 1.82) is 0 Å². The Morgan fingerprint density at radius 3 is 1.32 bits per heavy atom. The Balaban J connectivity index is 1.46. The topological polar surface area (TPSA) is 270 Å². The molecule has 15 unspecified atom stereocenters. The second kappa shape index (κ2) is 29.4. The lowest BCUT2D eigenvalue weighted by Crippen LogP contribution is -2.70. The summed E-state index contributed by atoms with van der Waals surface area (Å²) in [6.45, 7) is 6.60. The molecule has 3 aliphatic rings. The summed E-state index contributed by atoms with van der Waals surface area (Å²) in [6.07, 6.45) is -20.5. The summed E-state index contributed by atoms with van der Waals surface area (Å²) in [5.74, 6) is -5.85. The maximum absolute atomic E-state index is 13.4. The van der Waals surface area contributed by atoms with Crippen LogP contribution in [0.5, 0.6) is 0 Å². The number of rotatable bonds is 24. The lowest BCUT2D eigenvalue weighted by Gasteiger charge is -2.51. The van der Waals surface area contributed by atoms with Crippen molar-refractivity contribution in [3.63, 3.8) is 0 Å². The van der Waals surface area contributed by atoms with Gasteiger partial charge in [0.2, 0.25) is 5.91 Å². The van der Waals surface area contributed by atoms with E-state index in [9.17, 15) is 33.6 Å². The fraction of sp³-hybridized carbons (Fsp3) is 0.537. The van der Waals surface area contributed by atoms with Crippen molar-refractivity contribution in [2.45, 2.75) is 160 Å². The zero-order valence-electron chi connectivity index (χ0n) is 44.0. The zero-order valence-corrected chi connectivity index (χ0v) is 44.0. The lowest BCUT2D eigenvalue weighted by atomic mass is 9.93. The summed E-state index contributed by atoms with van der Waals surface area (Å²) in [4.78, 5) is 89.6. The second-order valence-electron chi connectivity index (χ2n) is 18.2. The zero-order chi connectivity index (χ0) is 55.6. The molecule has 420 valence electrons. The Kier molecular flexibility index (Phi) is 22.8. The van der Waals surface area contributed by atoms with Crippen molar-refractivity contribution >= 4 is 41.7 Å². The van der Waals surface area contributed by atoms with Gasteiger partial charge in [0.05, 0.1) is 26.4 Å². The third kappa shape index (κ3) is 17.8. The normalized spacial score (nSPS) is 29.0. The fourth-order valence-corrected chi connectivity index (χ4v) is 8.98. The third-order valence-corrected chi connectivity index (χ3v) is 12.1. The molecule has 3 fully saturated rings. The predicted octanol–water partition coefficient (Wildman–Crippen LogP) is 3.32. The minimum absolute atomic E-state index is 0.0207. The highest BCUT2D eigenvalue weighted by Gasteiger charge is 2.59. The molecule has 23 heteroatoms. The minimum Gasteiger partial charge on any atom is -0.463 e. The first-order valence-corrected chi connectivity index (χ1v) is 24.9. The number of hydrogen-bond acceptors (Lipinski definition) is 22. The molecule has 0 aliphatic carbocycles. The van der Waals surface area contributed by atoms with Crippen LogP contribution in [-0.2, 0) is 124 Å². The smallest absolute Gasteiger partial charge is 0.303 e. The monoisotopic (exact) mass is 1080 g/mol. The number of methoxy groups -OCH3 is 1. The first-order valence-electron chi connectivity index (χ1n) is 24.9. The number of benzene rings is 3. The van der Waals surface area contributed by atoms with Crippen LogP contribution in [0.25, 0.3) is 0 Å². The van der Waals surface area contributed by atoms with Gasteiger partial charge in [0, 0.05) is 55.6 Å². The molecular weight excluding hydrogens is 1010 g/mol. The largest absolute Gasteiger partial charge is 0.463 e. The van der Waals surface area contributed by atoms with Gasteiger partial charge in [-0.2, -0.15) is 0 Å². The van der Waals surface area contributed by atoms with Crippen LogP contribution >= 0.6 is 0 Å². The van der Waals surface area contributed by atoms with E-state index in [2.05, 4.69) is 5.32 Å². The Labute approximate surface area is 445 Å². The van der Waals surface area contributed by atoms with Gasteiger partial charge in [-0.25, -0.2) is 0 Å². The van der Waals surface area contributed by atoms with Crippen LogP contribution < -0.4 is 5.32 Å². The molecule has 0 saturated carbocycles. The van der Waals surface area contributed by atoms with Gasteiger partial charge in [-0.15, -0.1) is 0 Å². The van der Waals surface area contributed by atoms with Gasteiger partial charge in [-0.05, 0) is 16.7 Å². The number of nitrogens with one attached hydrogen (secondary N) is 1. The van der Waals surface area contributed by atoms with Crippen molar-refractivity contribution in [3.05, 3.63) is 108 Å². The number of carbonyl (C=O) groups excluding carboxylic acids is 7. The summed E-state index contributed by atoms with van der Waals surface area (Å²) in [7, 11) is 1.42. The van der Waals surface area contributed by atoms with Crippen molar-refractivity contribution in [2.24, 2.45) is 0 Å². The van der Waals surface area contributed by atoms with Gasteiger partial charge >= 0.3 is 35.8 Å². The lowest BCUT2D eigenvalue weighted by molar-refractivity contribution is -0.373. The molecule has 0 radical (unpaired) electrons. The number of carbonyl (C=O) groups is 7. The molecule has 3 aromatic rings. The molecule has 0 aromatic heterocycles. The molecule has 0 bridgehead atoms.